The number of nitrogens with zero attached hydrogens (tertiary/aromatic N) is 1. The fourth-order valence-corrected chi connectivity index (χ4v) is 7.58. The van der Waals surface area contributed by atoms with Gasteiger partial charge in [0.05, 0.1) is 0 Å². The molecular weight excluding hydrogens is 657 g/mol. The summed E-state index contributed by atoms with van der Waals surface area (Å²) in [6, 6.07) is -0.749. The third kappa shape index (κ3) is 37.1. The van der Waals surface area contributed by atoms with Crippen molar-refractivity contribution in [1.29, 1.82) is 0 Å². The van der Waals surface area contributed by atoms with E-state index >= 15 is 0 Å². The molecule has 1 unspecified atom stereocenters. The molecule has 0 fully saturated rings. The third-order valence-corrected chi connectivity index (χ3v) is 11.2. The fraction of sp³-hybridized carbons (Fsp3) is 0.936. The van der Waals surface area contributed by atoms with E-state index in [1.807, 2.05) is 4.90 Å². The van der Waals surface area contributed by atoms with Crippen LogP contribution in [-0.4, -0.2) is 46.9 Å². The lowest BCUT2D eigenvalue weighted by Crippen LogP contribution is -2.49. The van der Waals surface area contributed by atoms with Crippen LogP contribution in [0.3, 0.4) is 0 Å². The quantitative estimate of drug-likeness (QED) is 0.0608. The van der Waals surface area contributed by atoms with Gasteiger partial charge in [-0.05, 0) is 25.7 Å². The zero-order chi connectivity index (χ0) is 38.9. The van der Waals surface area contributed by atoms with E-state index in [1.54, 1.807) is 0 Å². The summed E-state index contributed by atoms with van der Waals surface area (Å²) in [5.74, 6) is -1.11. The van der Waals surface area contributed by atoms with Gasteiger partial charge in [0, 0.05) is 25.9 Å². The van der Waals surface area contributed by atoms with E-state index in [0.29, 0.717) is 19.5 Å². The Balaban J connectivity index is 4.67. The van der Waals surface area contributed by atoms with Crippen LogP contribution in [0.5, 0.6) is 0 Å². The highest BCUT2D eigenvalue weighted by atomic mass is 16.4. The Labute approximate surface area is 330 Å². The topological polar surface area (TPSA) is 86.7 Å². The number of unbranched alkanes of at least 4 members (excludes halogenated alkanes) is 32. The molecule has 0 aliphatic rings. The summed E-state index contributed by atoms with van der Waals surface area (Å²) >= 11 is 0. The lowest BCUT2D eigenvalue weighted by Gasteiger charge is -2.28. The van der Waals surface area contributed by atoms with Crippen molar-refractivity contribution in [3.8, 4) is 0 Å². The predicted molar refractivity (Wildman–Crippen MR) is 229 cm³/mol. The minimum Gasteiger partial charge on any atom is -0.481 e. The summed E-state index contributed by atoms with van der Waals surface area (Å²) in [6.45, 7) is 8.19. The highest BCUT2D eigenvalue weighted by Gasteiger charge is 2.26. The molecule has 53 heavy (non-hydrogen) atoms. The monoisotopic (exact) mass is 749 g/mol. The summed E-state index contributed by atoms with van der Waals surface area (Å²) in [6.07, 6.45) is 44.7. The molecule has 0 bridgehead atoms. The molecular formula is C47H92N2O4. The fourth-order valence-electron chi connectivity index (χ4n) is 7.58. The predicted octanol–water partition coefficient (Wildman–Crippen LogP) is 14.3. The van der Waals surface area contributed by atoms with Crippen molar-refractivity contribution < 1.29 is 19.5 Å². The molecule has 0 aromatic heterocycles. The molecule has 6 heteroatoms. The van der Waals surface area contributed by atoms with Crippen molar-refractivity contribution in [3.63, 3.8) is 0 Å². The maximum atomic E-state index is 13.9. The van der Waals surface area contributed by atoms with Gasteiger partial charge in [-0.15, -0.1) is 0 Å². The lowest BCUT2D eigenvalue weighted by atomic mass is 10.0. The minimum absolute atomic E-state index is 0.0806. The van der Waals surface area contributed by atoms with Gasteiger partial charge in [0.25, 0.3) is 0 Å². The zero-order valence-corrected chi connectivity index (χ0v) is 36.0. The molecule has 314 valence electrons. The zero-order valence-electron chi connectivity index (χ0n) is 36.0. The summed E-state index contributed by atoms with van der Waals surface area (Å²) in [5.41, 5.74) is 0. The van der Waals surface area contributed by atoms with Gasteiger partial charge < -0.3 is 15.3 Å². The molecule has 0 aliphatic heterocycles. The second-order valence-corrected chi connectivity index (χ2v) is 16.4. The third-order valence-electron chi connectivity index (χ3n) is 11.2. The Bertz CT molecular complexity index is 779. The molecule has 2 N–H and O–H groups in total. The Morgan fingerprint density at radius 1 is 0.415 bits per heavy atom. The highest BCUT2D eigenvalue weighted by molar-refractivity contribution is 5.88. The second-order valence-electron chi connectivity index (χ2n) is 16.4. The summed E-state index contributed by atoms with van der Waals surface area (Å²) in [7, 11) is 0. The molecule has 0 heterocycles. The normalized spacial score (nSPS) is 11.9. The largest absolute Gasteiger partial charge is 0.481 e. The second kappa shape index (κ2) is 41.6. The number of nitrogens with one attached hydrogen (secondary N) is 1. The van der Waals surface area contributed by atoms with Crippen molar-refractivity contribution in [2.24, 2.45) is 0 Å². The van der Waals surface area contributed by atoms with Crippen LogP contribution < -0.4 is 5.32 Å². The number of carboxylic acids is 1. The maximum absolute atomic E-state index is 13.9. The molecule has 1 atom stereocenters. The van der Waals surface area contributed by atoms with Gasteiger partial charge in [0.2, 0.25) is 11.8 Å². The Morgan fingerprint density at radius 3 is 1.00 bits per heavy atom. The Morgan fingerprint density at radius 2 is 0.698 bits per heavy atom. The molecule has 6 nitrogen and oxygen atoms in total. The van der Waals surface area contributed by atoms with Crippen LogP contribution in [0.15, 0.2) is 0 Å². The first kappa shape index (κ1) is 51.4. The van der Waals surface area contributed by atoms with Gasteiger partial charge in [0.1, 0.15) is 6.04 Å². The number of aliphatic carboxylic acids is 1. The van der Waals surface area contributed by atoms with Crippen LogP contribution in [0.1, 0.15) is 265 Å². The van der Waals surface area contributed by atoms with Crippen LogP contribution in [-0.2, 0) is 14.4 Å². The molecule has 0 aromatic rings. The van der Waals surface area contributed by atoms with E-state index < -0.39 is 12.0 Å². The summed E-state index contributed by atoms with van der Waals surface area (Å²) in [5, 5.41) is 12.4. The first-order chi connectivity index (χ1) is 26.0. The molecule has 0 aliphatic carbocycles. The van der Waals surface area contributed by atoms with Crippen molar-refractivity contribution in [2.75, 3.05) is 13.1 Å². The van der Waals surface area contributed by atoms with Crippen molar-refractivity contribution in [3.05, 3.63) is 0 Å². The van der Waals surface area contributed by atoms with Crippen LogP contribution >= 0.6 is 0 Å². The average molecular weight is 749 g/mol. The summed E-state index contributed by atoms with van der Waals surface area (Å²) in [4.78, 5) is 40.4. The van der Waals surface area contributed by atoms with Gasteiger partial charge in [-0.2, -0.15) is 0 Å². The molecule has 0 aromatic carbocycles. The Hall–Kier alpha value is -1.59. The molecule has 0 rings (SSSR count). The molecule has 0 saturated heterocycles. The van der Waals surface area contributed by atoms with Gasteiger partial charge in [0.15, 0.2) is 0 Å². The first-order valence-corrected chi connectivity index (χ1v) is 23.8. The van der Waals surface area contributed by atoms with Crippen molar-refractivity contribution >= 4 is 17.8 Å². The highest BCUT2D eigenvalue weighted by Crippen LogP contribution is 2.16. The van der Waals surface area contributed by atoms with E-state index in [1.165, 1.54) is 180 Å². The van der Waals surface area contributed by atoms with E-state index in [-0.39, 0.29) is 24.7 Å². The van der Waals surface area contributed by atoms with Gasteiger partial charge in [-0.1, -0.05) is 226 Å². The molecule has 0 spiro atoms. The van der Waals surface area contributed by atoms with Crippen molar-refractivity contribution in [1.82, 2.24) is 10.2 Å². The maximum Gasteiger partial charge on any atom is 0.303 e. The first-order valence-electron chi connectivity index (χ1n) is 23.8. The van der Waals surface area contributed by atoms with Crippen LogP contribution in [0.25, 0.3) is 0 Å². The number of hydrogen-bond acceptors (Lipinski definition) is 3. The number of carbonyl (C=O) groups excluding carboxylic acids is 2. The Kier molecular flexibility index (Phi) is 40.3. The van der Waals surface area contributed by atoms with Crippen LogP contribution in [0, 0.1) is 0 Å². The number of amides is 2. The minimum atomic E-state index is -0.921. The summed E-state index contributed by atoms with van der Waals surface area (Å²) < 4.78 is 0. The van der Waals surface area contributed by atoms with E-state index in [9.17, 15) is 19.5 Å². The number of carbonyl (C=O) groups is 3. The van der Waals surface area contributed by atoms with Gasteiger partial charge in [-0.25, -0.2) is 0 Å². The lowest BCUT2D eigenvalue weighted by molar-refractivity contribution is -0.139. The van der Waals surface area contributed by atoms with E-state index in [4.69, 9.17) is 0 Å². The van der Waals surface area contributed by atoms with Crippen molar-refractivity contribution in [2.45, 2.75) is 271 Å². The number of carboxylic acid groups (broad SMARTS) is 1. The number of hydrogen-bond donors (Lipinski definition) is 2. The van der Waals surface area contributed by atoms with E-state index in [0.717, 1.165) is 44.9 Å². The molecule has 0 radical (unpaired) electrons. The molecule has 2 amide bonds. The average Bonchev–Trinajstić information content (AvgIpc) is 3.15. The SMILES string of the molecule is CCCCCCCCCCCCCCCCCC(=O)NC(CCC(=O)O)C(=O)N(CCCCCCCCCCCC)CCCCCCCCCCCC. The van der Waals surface area contributed by atoms with Crippen LogP contribution in [0.4, 0.5) is 0 Å². The number of rotatable bonds is 43. The molecule has 0 saturated carbocycles. The van der Waals surface area contributed by atoms with Crippen LogP contribution in [0.2, 0.25) is 0 Å². The van der Waals surface area contributed by atoms with Gasteiger partial charge >= 0.3 is 5.97 Å². The smallest absolute Gasteiger partial charge is 0.303 e. The van der Waals surface area contributed by atoms with Gasteiger partial charge in [-0.3, -0.25) is 14.4 Å². The van der Waals surface area contributed by atoms with E-state index in [2.05, 4.69) is 26.1 Å². The standard InChI is InChI=1S/C47H92N2O4/c1-4-7-10-13-16-19-22-23-24-25-26-27-30-33-36-39-45(50)48-44(40-41-46(51)52)47(53)49(42-37-34-31-28-20-17-14-11-8-5-2)43-38-35-32-29-21-18-15-12-9-6-3/h44H,4-43H2,1-3H3,(H,48,50)(H,51,52).